The number of hydrogen-bond donors (Lipinski definition) is 2. The summed E-state index contributed by atoms with van der Waals surface area (Å²) >= 11 is 0. The van der Waals surface area contributed by atoms with Crippen LogP contribution in [-0.2, 0) is 29.2 Å². The first kappa shape index (κ1) is 23.1. The van der Waals surface area contributed by atoms with Crippen molar-refractivity contribution in [1.29, 1.82) is 0 Å². The van der Waals surface area contributed by atoms with Crippen LogP contribution in [0.25, 0.3) is 0 Å². The lowest BCUT2D eigenvalue weighted by atomic mass is 10.1. The Labute approximate surface area is 186 Å². The minimum absolute atomic E-state index is 0.197. The van der Waals surface area contributed by atoms with Gasteiger partial charge in [0.15, 0.2) is 5.96 Å². The summed E-state index contributed by atoms with van der Waals surface area (Å²) in [6.07, 6.45) is 2.38. The van der Waals surface area contributed by atoms with Gasteiger partial charge in [0.05, 0.1) is 19.3 Å². The fourth-order valence-electron chi connectivity index (χ4n) is 3.60. The van der Waals surface area contributed by atoms with Gasteiger partial charge in [0.2, 0.25) is 0 Å². The number of methoxy groups -OCH3 is 1. The molecule has 2 aromatic rings. The molecule has 1 unspecified atom stereocenters. The largest absolute Gasteiger partial charge is 0.491 e. The molecular formula is C25H35N3O3. The fraction of sp³-hybridized carbons (Fsp3) is 0.480. The van der Waals surface area contributed by atoms with Crippen molar-refractivity contribution in [3.05, 3.63) is 64.7 Å². The molecule has 2 aromatic carbocycles. The topological polar surface area (TPSA) is 64.1 Å². The Bertz CT molecular complexity index is 848. The van der Waals surface area contributed by atoms with E-state index in [2.05, 4.69) is 54.8 Å². The summed E-state index contributed by atoms with van der Waals surface area (Å²) in [5.74, 6) is 1.67. The summed E-state index contributed by atoms with van der Waals surface area (Å²) in [4.78, 5) is 4.80. The van der Waals surface area contributed by atoms with Crippen LogP contribution in [0.3, 0.4) is 0 Å². The zero-order valence-corrected chi connectivity index (χ0v) is 18.9. The first-order valence-corrected chi connectivity index (χ1v) is 11.1. The van der Waals surface area contributed by atoms with Crippen LogP contribution >= 0.6 is 0 Å². The smallest absolute Gasteiger partial charge is 0.191 e. The number of rotatable bonds is 10. The van der Waals surface area contributed by atoms with Crippen molar-refractivity contribution in [3.63, 3.8) is 0 Å². The molecule has 1 atom stereocenters. The number of hydrogen-bond acceptors (Lipinski definition) is 4. The van der Waals surface area contributed by atoms with E-state index in [9.17, 15) is 0 Å². The first-order chi connectivity index (χ1) is 15.2. The Morgan fingerprint density at radius 3 is 2.71 bits per heavy atom. The van der Waals surface area contributed by atoms with Gasteiger partial charge >= 0.3 is 0 Å². The Morgan fingerprint density at radius 1 is 1.13 bits per heavy atom. The van der Waals surface area contributed by atoms with Gasteiger partial charge < -0.3 is 24.8 Å². The van der Waals surface area contributed by atoms with Gasteiger partial charge in [0, 0.05) is 32.4 Å². The van der Waals surface area contributed by atoms with Crippen LogP contribution in [0.15, 0.2) is 47.5 Å². The number of ether oxygens (including phenoxy) is 3. The lowest BCUT2D eigenvalue weighted by Gasteiger charge is -2.16. The third-order valence-corrected chi connectivity index (χ3v) is 5.29. The highest BCUT2D eigenvalue weighted by Crippen LogP contribution is 2.23. The second kappa shape index (κ2) is 12.3. The maximum absolute atomic E-state index is 6.12. The van der Waals surface area contributed by atoms with E-state index >= 15 is 0 Å². The predicted octanol–water partition coefficient (Wildman–Crippen LogP) is 3.95. The monoisotopic (exact) mass is 425 g/mol. The minimum atomic E-state index is 0.197. The molecule has 1 aliphatic rings. The average molecular weight is 426 g/mol. The Hall–Kier alpha value is -2.57. The highest BCUT2D eigenvalue weighted by atomic mass is 16.5. The molecule has 168 valence electrons. The normalized spacial score (nSPS) is 16.4. The zero-order chi connectivity index (χ0) is 21.9. The van der Waals surface area contributed by atoms with E-state index in [4.69, 9.17) is 19.2 Å². The molecule has 1 aliphatic heterocycles. The Morgan fingerprint density at radius 2 is 1.97 bits per heavy atom. The number of benzene rings is 2. The number of nitrogens with one attached hydrogen (secondary N) is 2. The summed E-state index contributed by atoms with van der Waals surface area (Å²) in [6, 6.07) is 14.6. The van der Waals surface area contributed by atoms with Crippen molar-refractivity contribution in [3.8, 4) is 5.75 Å². The standard InChI is InChI=1S/C25H35N3O3/c1-4-26-25(27-15-20-8-5-6-9-22(20)17-29-3)28-16-21-12-11-19(2)14-24(21)31-18-23-10-7-13-30-23/h5-6,8-9,11-12,14,23H,4,7,10,13,15-18H2,1-3H3,(H2,26,27,28). The highest BCUT2D eigenvalue weighted by molar-refractivity contribution is 5.79. The molecule has 0 bridgehead atoms. The summed E-state index contributed by atoms with van der Waals surface area (Å²) in [5, 5.41) is 6.77. The lowest BCUT2D eigenvalue weighted by Crippen LogP contribution is -2.37. The molecule has 1 heterocycles. The van der Waals surface area contributed by atoms with Crippen LogP contribution in [0.4, 0.5) is 0 Å². The molecule has 0 aliphatic carbocycles. The fourth-order valence-corrected chi connectivity index (χ4v) is 3.60. The molecule has 31 heavy (non-hydrogen) atoms. The number of guanidine groups is 1. The van der Waals surface area contributed by atoms with E-state index in [0.29, 0.717) is 26.3 Å². The molecule has 0 aromatic heterocycles. The van der Waals surface area contributed by atoms with Crippen LogP contribution in [0.2, 0.25) is 0 Å². The van der Waals surface area contributed by atoms with Gasteiger partial charge in [-0.05, 0) is 49.4 Å². The molecule has 0 spiro atoms. The van der Waals surface area contributed by atoms with Gasteiger partial charge in [-0.1, -0.05) is 36.4 Å². The molecule has 0 radical (unpaired) electrons. The molecule has 2 N–H and O–H groups in total. The van der Waals surface area contributed by atoms with E-state index in [1.54, 1.807) is 7.11 Å². The van der Waals surface area contributed by atoms with Gasteiger partial charge in [-0.25, -0.2) is 4.99 Å². The van der Waals surface area contributed by atoms with Gasteiger partial charge in [0.25, 0.3) is 0 Å². The van der Waals surface area contributed by atoms with Crippen LogP contribution in [0, 0.1) is 6.92 Å². The average Bonchev–Trinajstić information content (AvgIpc) is 3.30. The first-order valence-electron chi connectivity index (χ1n) is 11.1. The van der Waals surface area contributed by atoms with Gasteiger partial charge in [0.1, 0.15) is 12.4 Å². The molecule has 1 saturated heterocycles. The predicted molar refractivity (Wildman–Crippen MR) is 124 cm³/mol. The van der Waals surface area contributed by atoms with Gasteiger partial charge in [-0.3, -0.25) is 0 Å². The number of nitrogens with zero attached hydrogens (tertiary/aromatic N) is 1. The quantitative estimate of drug-likeness (QED) is 0.446. The van der Waals surface area contributed by atoms with Crippen LogP contribution in [0.5, 0.6) is 5.75 Å². The summed E-state index contributed by atoms with van der Waals surface area (Å²) in [6.45, 7) is 8.19. The van der Waals surface area contributed by atoms with Crippen LogP contribution < -0.4 is 15.4 Å². The summed E-state index contributed by atoms with van der Waals surface area (Å²) in [5.41, 5.74) is 4.62. The van der Waals surface area contributed by atoms with E-state index < -0.39 is 0 Å². The highest BCUT2D eigenvalue weighted by Gasteiger charge is 2.17. The SMILES string of the molecule is CCNC(=NCc1ccc(C)cc1OCC1CCCO1)NCc1ccccc1COC. The maximum Gasteiger partial charge on any atom is 0.191 e. The second-order valence-corrected chi connectivity index (χ2v) is 7.81. The minimum Gasteiger partial charge on any atom is -0.491 e. The molecule has 0 amide bonds. The molecule has 6 heteroatoms. The van der Waals surface area contributed by atoms with Crippen molar-refractivity contribution in [1.82, 2.24) is 10.6 Å². The lowest BCUT2D eigenvalue weighted by molar-refractivity contribution is 0.0676. The zero-order valence-electron chi connectivity index (χ0n) is 18.9. The maximum atomic E-state index is 6.12. The molecule has 1 fully saturated rings. The van der Waals surface area contributed by atoms with Gasteiger partial charge in [-0.15, -0.1) is 0 Å². The van der Waals surface area contributed by atoms with E-state index in [1.807, 2.05) is 12.1 Å². The van der Waals surface area contributed by atoms with Crippen molar-refractivity contribution >= 4 is 5.96 Å². The molecular weight excluding hydrogens is 390 g/mol. The van der Waals surface area contributed by atoms with Gasteiger partial charge in [-0.2, -0.15) is 0 Å². The third-order valence-electron chi connectivity index (χ3n) is 5.29. The Balaban J connectivity index is 1.65. The molecule has 3 rings (SSSR count). The second-order valence-electron chi connectivity index (χ2n) is 7.81. The van der Waals surface area contributed by atoms with Crippen molar-refractivity contribution in [2.45, 2.75) is 52.5 Å². The summed E-state index contributed by atoms with van der Waals surface area (Å²) < 4.78 is 17.1. The van der Waals surface area contributed by atoms with Crippen molar-refractivity contribution in [2.24, 2.45) is 4.99 Å². The van der Waals surface area contributed by atoms with Crippen LogP contribution in [-0.4, -0.2) is 38.9 Å². The number of aliphatic imine (C=N–C) groups is 1. The Kier molecular flexibility index (Phi) is 9.18. The molecule has 6 nitrogen and oxygen atoms in total. The van der Waals surface area contributed by atoms with E-state index in [0.717, 1.165) is 43.3 Å². The van der Waals surface area contributed by atoms with E-state index in [-0.39, 0.29) is 6.10 Å². The van der Waals surface area contributed by atoms with Crippen molar-refractivity contribution in [2.75, 3.05) is 26.9 Å². The summed E-state index contributed by atoms with van der Waals surface area (Å²) in [7, 11) is 1.72. The molecule has 0 saturated carbocycles. The van der Waals surface area contributed by atoms with Crippen molar-refractivity contribution < 1.29 is 14.2 Å². The van der Waals surface area contributed by atoms with E-state index in [1.165, 1.54) is 16.7 Å². The third kappa shape index (κ3) is 7.26. The van der Waals surface area contributed by atoms with Crippen LogP contribution in [0.1, 0.15) is 42.0 Å². The number of aryl methyl sites for hydroxylation is 1.